The van der Waals surface area contributed by atoms with Crippen LogP contribution in [0.25, 0.3) is 11.0 Å². The third-order valence-corrected chi connectivity index (χ3v) is 3.79. The van der Waals surface area contributed by atoms with Gasteiger partial charge in [0.2, 0.25) is 0 Å². The third kappa shape index (κ3) is 2.51. The average molecular weight is 291 g/mol. The van der Waals surface area contributed by atoms with Crippen molar-refractivity contribution < 1.29 is 8.78 Å². The summed E-state index contributed by atoms with van der Waals surface area (Å²) in [6.07, 6.45) is 1.68. The van der Waals surface area contributed by atoms with Gasteiger partial charge in [0.25, 0.3) is 0 Å². The fraction of sp³-hybridized carbons (Fsp3) is 0.143. The summed E-state index contributed by atoms with van der Waals surface area (Å²) in [7, 11) is 0. The molecule has 0 unspecified atom stereocenters. The van der Waals surface area contributed by atoms with Gasteiger partial charge in [-0.15, -0.1) is 0 Å². The van der Waals surface area contributed by atoms with E-state index in [1.807, 2.05) is 18.2 Å². The lowest BCUT2D eigenvalue weighted by atomic mass is 10.3. The van der Waals surface area contributed by atoms with Crippen LogP contribution in [0.5, 0.6) is 0 Å². The van der Waals surface area contributed by atoms with Crippen LogP contribution in [0, 0.1) is 0 Å². The fourth-order valence-corrected chi connectivity index (χ4v) is 2.78. The topological polar surface area (TPSA) is 30.7 Å². The molecule has 3 nitrogen and oxygen atoms in total. The van der Waals surface area contributed by atoms with E-state index >= 15 is 0 Å². The van der Waals surface area contributed by atoms with Gasteiger partial charge < -0.3 is 0 Å². The highest BCUT2D eigenvalue weighted by Gasteiger charge is 2.17. The zero-order chi connectivity index (χ0) is 13.9. The summed E-state index contributed by atoms with van der Waals surface area (Å²) < 4.78 is 27.4. The SMILES string of the molecule is FC(F)n1c(CSc2ccccn2)nc2ccccc21. The molecule has 6 heteroatoms. The van der Waals surface area contributed by atoms with Crippen molar-refractivity contribution in [3.8, 4) is 0 Å². The molecule has 0 atom stereocenters. The fourth-order valence-electron chi connectivity index (χ4n) is 1.98. The molecule has 0 aliphatic carbocycles. The van der Waals surface area contributed by atoms with Crippen LogP contribution in [-0.4, -0.2) is 14.5 Å². The smallest absolute Gasteiger partial charge is 0.269 e. The zero-order valence-electron chi connectivity index (χ0n) is 10.4. The highest BCUT2D eigenvalue weighted by Crippen LogP contribution is 2.27. The largest absolute Gasteiger partial charge is 0.320 e. The number of imidazole rings is 1. The summed E-state index contributed by atoms with van der Waals surface area (Å²) in [6, 6.07) is 12.5. The second kappa shape index (κ2) is 5.58. The predicted octanol–water partition coefficient (Wildman–Crippen LogP) is 4.12. The standard InChI is InChI=1S/C14H11F2N3S/c15-14(16)19-11-6-2-1-5-10(11)18-12(19)9-20-13-7-3-4-8-17-13/h1-8,14H,9H2. The number of halogens is 2. The molecule has 0 spiro atoms. The number of aromatic nitrogens is 3. The van der Waals surface area contributed by atoms with Gasteiger partial charge in [-0.2, -0.15) is 8.78 Å². The number of thioether (sulfide) groups is 1. The first-order valence-electron chi connectivity index (χ1n) is 6.03. The Morgan fingerprint density at radius 3 is 2.65 bits per heavy atom. The first-order valence-corrected chi connectivity index (χ1v) is 7.02. The van der Waals surface area contributed by atoms with E-state index in [4.69, 9.17) is 0 Å². The van der Waals surface area contributed by atoms with Crippen LogP contribution < -0.4 is 0 Å². The molecule has 0 aliphatic heterocycles. The van der Waals surface area contributed by atoms with Gasteiger partial charge in [-0.1, -0.05) is 30.0 Å². The lowest BCUT2D eigenvalue weighted by Crippen LogP contribution is -2.03. The van der Waals surface area contributed by atoms with Crippen molar-refractivity contribution in [2.24, 2.45) is 0 Å². The van der Waals surface area contributed by atoms with Crippen molar-refractivity contribution in [3.05, 3.63) is 54.5 Å². The predicted molar refractivity (Wildman–Crippen MR) is 74.8 cm³/mol. The van der Waals surface area contributed by atoms with Crippen molar-refractivity contribution in [1.82, 2.24) is 14.5 Å². The second-order valence-corrected chi connectivity index (χ2v) is 5.12. The van der Waals surface area contributed by atoms with Crippen molar-refractivity contribution in [1.29, 1.82) is 0 Å². The monoisotopic (exact) mass is 291 g/mol. The van der Waals surface area contributed by atoms with Gasteiger partial charge in [-0.3, -0.25) is 4.57 Å². The number of pyridine rings is 1. The number of hydrogen-bond donors (Lipinski definition) is 0. The molecule has 0 bridgehead atoms. The van der Waals surface area contributed by atoms with E-state index in [9.17, 15) is 8.78 Å². The van der Waals surface area contributed by atoms with Crippen LogP contribution >= 0.6 is 11.8 Å². The van der Waals surface area contributed by atoms with Gasteiger partial charge in [0, 0.05) is 6.20 Å². The minimum absolute atomic E-state index is 0.357. The summed E-state index contributed by atoms with van der Waals surface area (Å²) >= 11 is 1.39. The third-order valence-electron chi connectivity index (χ3n) is 2.85. The maximum atomic E-state index is 13.2. The van der Waals surface area contributed by atoms with Gasteiger partial charge >= 0.3 is 6.55 Å². The molecule has 102 valence electrons. The van der Waals surface area contributed by atoms with Gasteiger partial charge in [0.05, 0.1) is 21.8 Å². The number of alkyl halides is 2. The van der Waals surface area contributed by atoms with E-state index in [1.54, 1.807) is 30.5 Å². The van der Waals surface area contributed by atoms with Crippen molar-refractivity contribution in [2.45, 2.75) is 17.3 Å². The molecule has 1 aromatic carbocycles. The molecule has 20 heavy (non-hydrogen) atoms. The lowest BCUT2D eigenvalue weighted by Gasteiger charge is -2.07. The Balaban J connectivity index is 1.93. The van der Waals surface area contributed by atoms with E-state index in [2.05, 4.69) is 9.97 Å². The summed E-state index contributed by atoms with van der Waals surface area (Å²) in [5.41, 5.74) is 1.04. The van der Waals surface area contributed by atoms with Crippen molar-refractivity contribution in [3.63, 3.8) is 0 Å². The number of fused-ring (bicyclic) bond motifs is 1. The molecule has 0 saturated carbocycles. The van der Waals surface area contributed by atoms with E-state index in [0.717, 1.165) is 9.59 Å². The lowest BCUT2D eigenvalue weighted by molar-refractivity contribution is 0.0722. The van der Waals surface area contributed by atoms with Gasteiger partial charge in [-0.05, 0) is 24.3 Å². The normalized spacial score (nSPS) is 11.3. The van der Waals surface area contributed by atoms with Crippen LogP contribution in [-0.2, 0) is 5.75 Å². The van der Waals surface area contributed by atoms with E-state index in [0.29, 0.717) is 22.6 Å². The molecule has 0 fully saturated rings. The summed E-state index contributed by atoms with van der Waals surface area (Å²) in [4.78, 5) is 8.44. The van der Waals surface area contributed by atoms with Gasteiger partial charge in [0.15, 0.2) is 0 Å². The van der Waals surface area contributed by atoms with Crippen molar-refractivity contribution >= 4 is 22.8 Å². The minimum atomic E-state index is -2.60. The zero-order valence-corrected chi connectivity index (χ0v) is 11.2. The minimum Gasteiger partial charge on any atom is -0.269 e. The average Bonchev–Trinajstić information content (AvgIpc) is 2.84. The van der Waals surface area contributed by atoms with Crippen LogP contribution in [0.15, 0.2) is 53.7 Å². The maximum absolute atomic E-state index is 13.2. The quantitative estimate of drug-likeness (QED) is 0.677. The first kappa shape index (κ1) is 13.1. The van der Waals surface area contributed by atoms with E-state index < -0.39 is 6.55 Å². The highest BCUT2D eigenvalue weighted by atomic mass is 32.2. The number of nitrogens with zero attached hydrogens (tertiary/aromatic N) is 3. The Bertz CT molecular complexity index is 713. The molecule has 3 aromatic rings. The Kier molecular flexibility index (Phi) is 3.64. The van der Waals surface area contributed by atoms with Gasteiger partial charge in [0.1, 0.15) is 5.82 Å². The molecule has 0 aliphatic rings. The summed E-state index contributed by atoms with van der Waals surface area (Å²) in [5.74, 6) is 0.715. The number of benzene rings is 1. The Morgan fingerprint density at radius 1 is 1.10 bits per heavy atom. The van der Waals surface area contributed by atoms with Crippen LogP contribution in [0.2, 0.25) is 0 Å². The molecule has 0 radical (unpaired) electrons. The van der Waals surface area contributed by atoms with E-state index in [1.165, 1.54) is 11.8 Å². The number of rotatable bonds is 4. The maximum Gasteiger partial charge on any atom is 0.320 e. The molecule has 0 amide bonds. The Morgan fingerprint density at radius 2 is 1.90 bits per heavy atom. The summed E-state index contributed by atoms with van der Waals surface area (Å²) in [5, 5.41) is 0.792. The van der Waals surface area contributed by atoms with Crippen LogP contribution in [0.1, 0.15) is 12.4 Å². The molecule has 2 heterocycles. The molecule has 0 saturated heterocycles. The Hall–Kier alpha value is -1.95. The molecule has 3 rings (SSSR count). The number of para-hydroxylation sites is 2. The molecule has 2 aromatic heterocycles. The Labute approximate surface area is 118 Å². The van der Waals surface area contributed by atoms with Gasteiger partial charge in [-0.25, -0.2) is 9.97 Å². The van der Waals surface area contributed by atoms with Crippen molar-refractivity contribution in [2.75, 3.05) is 0 Å². The highest BCUT2D eigenvalue weighted by molar-refractivity contribution is 7.98. The first-order chi connectivity index (χ1) is 9.75. The molecular weight excluding hydrogens is 280 g/mol. The summed E-state index contributed by atoms with van der Waals surface area (Å²) in [6.45, 7) is -2.60. The molecule has 0 N–H and O–H groups in total. The van der Waals surface area contributed by atoms with Crippen LogP contribution in [0.4, 0.5) is 8.78 Å². The molecular formula is C14H11F2N3S. The second-order valence-electron chi connectivity index (χ2n) is 4.12. The van der Waals surface area contributed by atoms with Crippen LogP contribution in [0.3, 0.4) is 0 Å². The van der Waals surface area contributed by atoms with E-state index in [-0.39, 0.29) is 0 Å². The number of hydrogen-bond acceptors (Lipinski definition) is 3.